The third kappa shape index (κ3) is 5.28. The zero-order valence-corrected chi connectivity index (χ0v) is 24.0. The lowest BCUT2D eigenvalue weighted by molar-refractivity contribution is -0.00547. The van der Waals surface area contributed by atoms with Crippen molar-refractivity contribution in [2.75, 3.05) is 54.0 Å². The molecule has 40 heavy (non-hydrogen) atoms. The van der Waals surface area contributed by atoms with Crippen LogP contribution in [0.5, 0.6) is 0 Å². The van der Waals surface area contributed by atoms with Gasteiger partial charge in [0, 0.05) is 68.5 Å². The van der Waals surface area contributed by atoms with Crippen molar-refractivity contribution >= 4 is 40.5 Å². The molecular formula is C31H36ClN7O. The summed E-state index contributed by atoms with van der Waals surface area (Å²) in [7, 11) is 0. The number of fused-ring (bicyclic) bond motifs is 2. The van der Waals surface area contributed by atoms with E-state index in [1.807, 2.05) is 0 Å². The number of rotatable bonds is 4. The van der Waals surface area contributed by atoms with Gasteiger partial charge in [-0.15, -0.1) is 12.4 Å². The number of aromatic nitrogens is 1. The molecule has 0 saturated carbocycles. The van der Waals surface area contributed by atoms with E-state index in [1.165, 1.54) is 22.0 Å². The summed E-state index contributed by atoms with van der Waals surface area (Å²) in [6.45, 7) is 9.48. The van der Waals surface area contributed by atoms with Crippen LogP contribution < -0.4 is 20.0 Å². The fourth-order valence-electron chi connectivity index (χ4n) is 6.51. The predicted molar refractivity (Wildman–Crippen MR) is 161 cm³/mol. The zero-order chi connectivity index (χ0) is 26.9. The molecule has 4 heterocycles. The first kappa shape index (κ1) is 28.0. The average Bonchev–Trinajstić information content (AvgIpc) is 2.95. The van der Waals surface area contributed by atoms with E-state index in [0.717, 1.165) is 49.8 Å². The maximum absolute atomic E-state index is 10.6. The van der Waals surface area contributed by atoms with Crippen molar-refractivity contribution in [2.45, 2.75) is 51.5 Å². The molecule has 2 unspecified atom stereocenters. The highest BCUT2D eigenvalue weighted by molar-refractivity contribution is 5.94. The molecule has 6 rings (SSSR count). The first-order valence-electron chi connectivity index (χ1n) is 14.0. The first-order chi connectivity index (χ1) is 19.1. The van der Waals surface area contributed by atoms with E-state index in [-0.39, 0.29) is 30.7 Å². The minimum Gasteiger partial charge on any atom is -0.372 e. The van der Waals surface area contributed by atoms with Crippen molar-refractivity contribution in [1.29, 1.82) is 10.5 Å². The largest absolute Gasteiger partial charge is 0.372 e. The van der Waals surface area contributed by atoms with Gasteiger partial charge < -0.3 is 24.8 Å². The van der Waals surface area contributed by atoms with E-state index < -0.39 is 0 Å². The molecule has 3 aliphatic heterocycles. The summed E-state index contributed by atoms with van der Waals surface area (Å²) >= 11 is 0. The van der Waals surface area contributed by atoms with E-state index in [9.17, 15) is 10.5 Å². The number of nitrogens with one attached hydrogen (secondary N) is 1. The first-order valence-corrected chi connectivity index (χ1v) is 14.0. The molecule has 8 nitrogen and oxygen atoms in total. The molecular weight excluding hydrogens is 522 g/mol. The Balaban J connectivity index is 0.00000323. The van der Waals surface area contributed by atoms with E-state index >= 15 is 0 Å². The van der Waals surface area contributed by atoms with Gasteiger partial charge in [0.05, 0.1) is 30.3 Å². The number of hydrogen-bond acceptors (Lipinski definition) is 8. The fraction of sp³-hybridized carbons (Fsp3) is 0.452. The summed E-state index contributed by atoms with van der Waals surface area (Å²) in [6.07, 6.45) is 1.41. The van der Waals surface area contributed by atoms with Crippen LogP contribution in [0.4, 0.5) is 17.3 Å². The maximum Gasteiger partial charge on any atom is 0.149 e. The molecule has 0 bridgehead atoms. The lowest BCUT2D eigenvalue weighted by Crippen LogP contribution is -2.51. The quantitative estimate of drug-likeness (QED) is 0.505. The van der Waals surface area contributed by atoms with Gasteiger partial charge in [-0.1, -0.05) is 36.4 Å². The van der Waals surface area contributed by atoms with E-state index in [2.05, 4.69) is 88.5 Å². The summed E-state index contributed by atoms with van der Waals surface area (Å²) in [5.74, 6) is 1.75. The van der Waals surface area contributed by atoms with E-state index in [4.69, 9.17) is 9.72 Å². The van der Waals surface area contributed by atoms with Crippen molar-refractivity contribution in [3.05, 3.63) is 59.2 Å². The number of piperazine rings is 1. The summed E-state index contributed by atoms with van der Waals surface area (Å²) in [4.78, 5) is 12.3. The van der Waals surface area contributed by atoms with Gasteiger partial charge in [-0.05, 0) is 37.3 Å². The normalized spacial score (nSPS) is 22.7. The number of morpholine rings is 1. The maximum atomic E-state index is 10.6. The Morgan fingerprint density at radius 1 is 0.925 bits per heavy atom. The Morgan fingerprint density at radius 3 is 2.48 bits per heavy atom. The number of pyridine rings is 1. The van der Waals surface area contributed by atoms with Crippen molar-refractivity contribution in [3.8, 4) is 12.1 Å². The van der Waals surface area contributed by atoms with Crippen LogP contribution in [-0.2, 0) is 17.7 Å². The average molecular weight is 558 g/mol. The Hall–Kier alpha value is -3.56. The highest BCUT2D eigenvalue weighted by Gasteiger charge is 2.33. The van der Waals surface area contributed by atoms with Crippen LogP contribution >= 0.6 is 12.4 Å². The Morgan fingerprint density at radius 2 is 1.70 bits per heavy atom. The van der Waals surface area contributed by atoms with Gasteiger partial charge in [-0.3, -0.25) is 0 Å². The summed E-state index contributed by atoms with van der Waals surface area (Å²) < 4.78 is 6.02. The van der Waals surface area contributed by atoms with Crippen molar-refractivity contribution < 1.29 is 4.74 Å². The number of benzene rings is 2. The molecule has 1 N–H and O–H groups in total. The standard InChI is InChI=1S/C31H35N7O.ClH/c1-21-17-38(18-22(2)39-21)31-27(16-33)28-20-36(29-9-5-7-23-6-3-4-8-25(23)29)14-11-26(28)30(35-31)37-15-13-34-24(19-37)10-12-32;/h3-9,21-22,24,34H,10-11,13-15,17-20H2,1-2H3;1H/t21?,22?,24-;/m0./s1. The molecule has 3 aliphatic rings. The molecule has 0 spiro atoms. The monoisotopic (exact) mass is 557 g/mol. The Bertz CT molecular complexity index is 1450. The minimum absolute atomic E-state index is 0. The van der Waals surface area contributed by atoms with Crippen molar-refractivity contribution in [1.82, 2.24) is 10.3 Å². The van der Waals surface area contributed by atoms with Crippen LogP contribution in [0.3, 0.4) is 0 Å². The van der Waals surface area contributed by atoms with Gasteiger partial charge in [-0.2, -0.15) is 10.5 Å². The van der Waals surface area contributed by atoms with Crippen LogP contribution in [0.1, 0.15) is 37.0 Å². The molecule has 1 aromatic heterocycles. The smallest absolute Gasteiger partial charge is 0.149 e. The number of halogens is 1. The van der Waals surface area contributed by atoms with E-state index in [1.54, 1.807) is 0 Å². The van der Waals surface area contributed by atoms with Crippen LogP contribution in [-0.4, -0.2) is 62.5 Å². The van der Waals surface area contributed by atoms with Crippen molar-refractivity contribution in [3.63, 3.8) is 0 Å². The number of ether oxygens (including phenoxy) is 1. The second kappa shape index (κ2) is 11.9. The highest BCUT2D eigenvalue weighted by Crippen LogP contribution is 2.39. The number of hydrogen-bond donors (Lipinski definition) is 1. The van der Waals surface area contributed by atoms with Gasteiger partial charge in [0.2, 0.25) is 0 Å². The molecule has 2 aromatic carbocycles. The number of anilines is 3. The second-order valence-corrected chi connectivity index (χ2v) is 11.0. The van der Waals surface area contributed by atoms with Gasteiger partial charge in [0.15, 0.2) is 0 Å². The molecule has 0 radical (unpaired) electrons. The van der Waals surface area contributed by atoms with Gasteiger partial charge in [0.1, 0.15) is 17.7 Å². The summed E-state index contributed by atoms with van der Waals surface area (Å²) in [5.41, 5.74) is 4.15. The minimum atomic E-state index is 0. The lowest BCUT2D eigenvalue weighted by atomic mass is 9.93. The van der Waals surface area contributed by atoms with Crippen LogP contribution in [0.25, 0.3) is 10.8 Å². The van der Waals surface area contributed by atoms with Crippen molar-refractivity contribution in [2.24, 2.45) is 0 Å². The highest BCUT2D eigenvalue weighted by atomic mass is 35.5. The fourth-order valence-corrected chi connectivity index (χ4v) is 6.51. The van der Waals surface area contributed by atoms with Gasteiger partial charge in [-0.25, -0.2) is 4.98 Å². The molecule has 3 aromatic rings. The third-order valence-corrected chi connectivity index (χ3v) is 8.18. The predicted octanol–water partition coefficient (Wildman–Crippen LogP) is 4.40. The van der Waals surface area contributed by atoms with E-state index in [0.29, 0.717) is 31.6 Å². The Labute approximate surface area is 242 Å². The molecule has 2 fully saturated rings. The van der Waals surface area contributed by atoms with Crippen LogP contribution in [0.15, 0.2) is 42.5 Å². The molecule has 9 heteroatoms. The van der Waals surface area contributed by atoms with Gasteiger partial charge >= 0.3 is 0 Å². The number of nitrogens with zero attached hydrogens (tertiary/aromatic N) is 6. The summed E-state index contributed by atoms with van der Waals surface area (Å²) in [5, 5.41) is 25.8. The number of nitriles is 2. The van der Waals surface area contributed by atoms with Gasteiger partial charge in [0.25, 0.3) is 0 Å². The van der Waals surface area contributed by atoms with Crippen LogP contribution in [0, 0.1) is 22.7 Å². The molecule has 2 saturated heterocycles. The zero-order valence-electron chi connectivity index (χ0n) is 23.1. The molecule has 0 aliphatic carbocycles. The Kier molecular flexibility index (Phi) is 8.32. The van der Waals surface area contributed by atoms with Crippen LogP contribution in [0.2, 0.25) is 0 Å². The third-order valence-electron chi connectivity index (χ3n) is 8.18. The second-order valence-electron chi connectivity index (χ2n) is 11.0. The summed E-state index contributed by atoms with van der Waals surface area (Å²) in [6, 6.07) is 20.0. The lowest BCUT2D eigenvalue weighted by Gasteiger charge is -2.41. The molecule has 3 atom stereocenters. The molecule has 208 valence electrons. The molecule has 0 amide bonds. The SMILES string of the molecule is CC1CN(c2nc(N3CCN[C@@H](CC#N)C3)c3c(c2C#N)CN(c2cccc4ccccc24)CC3)CC(C)O1.Cl. The topological polar surface area (TPSA) is 91.5 Å².